The highest BCUT2D eigenvalue weighted by Crippen LogP contribution is 2.14. The molecule has 116 valence electrons. The first-order valence-corrected chi connectivity index (χ1v) is 7.78. The third kappa shape index (κ3) is 3.92. The lowest BCUT2D eigenvalue weighted by Crippen LogP contribution is -2.24. The number of hydrogen-bond donors (Lipinski definition) is 1. The summed E-state index contributed by atoms with van der Waals surface area (Å²) < 4.78 is 1.44. The maximum atomic E-state index is 12.1. The molecular weight excluding hydrogens is 278 g/mol. The zero-order chi connectivity index (χ0) is 15.2. The molecule has 1 N–H and O–H groups in total. The molecule has 1 aromatic heterocycles. The van der Waals surface area contributed by atoms with E-state index in [9.17, 15) is 4.79 Å². The molecule has 0 aliphatic carbocycles. The zero-order valence-electron chi connectivity index (χ0n) is 12.6. The second kappa shape index (κ2) is 7.17. The molecule has 0 radical (unpaired) electrons. The summed E-state index contributed by atoms with van der Waals surface area (Å²) in [6.45, 7) is 3.32. The predicted octanol–water partition coefficient (Wildman–Crippen LogP) is 2.04. The van der Waals surface area contributed by atoms with Crippen molar-refractivity contribution in [3.05, 3.63) is 48.0 Å². The molecule has 0 spiro atoms. The Hall–Kier alpha value is -2.21. The lowest BCUT2D eigenvalue weighted by atomic mass is 10.1. The monoisotopic (exact) mass is 299 g/mol. The molecule has 1 aliphatic heterocycles. The lowest BCUT2D eigenvalue weighted by molar-refractivity contribution is 0.101. The van der Waals surface area contributed by atoms with E-state index in [1.54, 1.807) is 0 Å². The van der Waals surface area contributed by atoms with Crippen LogP contribution in [0.5, 0.6) is 0 Å². The van der Waals surface area contributed by atoms with Gasteiger partial charge < -0.3 is 0 Å². The molecule has 6 heteroatoms. The van der Waals surface area contributed by atoms with Crippen molar-refractivity contribution in [2.75, 3.05) is 18.5 Å². The number of hydrogen-bond acceptors (Lipinski definition) is 4. The van der Waals surface area contributed by atoms with Crippen molar-refractivity contribution in [1.29, 1.82) is 0 Å². The molecule has 0 saturated carbocycles. The van der Waals surface area contributed by atoms with Crippen LogP contribution in [0.4, 0.5) is 0 Å². The molecule has 1 amide bonds. The summed E-state index contributed by atoms with van der Waals surface area (Å²) in [6.07, 6.45) is 8.17. The van der Waals surface area contributed by atoms with E-state index >= 15 is 0 Å². The first-order valence-electron chi connectivity index (χ1n) is 7.78. The summed E-state index contributed by atoms with van der Waals surface area (Å²) in [4.78, 5) is 14.6. The molecule has 1 saturated heterocycles. The van der Waals surface area contributed by atoms with Crippen molar-refractivity contribution in [2.45, 2.75) is 32.2 Å². The first-order chi connectivity index (χ1) is 10.8. The molecule has 0 bridgehead atoms. The van der Waals surface area contributed by atoms with Gasteiger partial charge in [-0.2, -0.15) is 0 Å². The standard InChI is InChI=1S/C16H21N5O/c22-16(19-21-12-17-18-13-21)15-7-5-14(6-8-15)11-20-9-3-1-2-4-10-20/h5-8,12-13H,1-4,9-11H2,(H,19,22). The molecule has 2 heterocycles. The van der Waals surface area contributed by atoms with Crippen LogP contribution in [0.25, 0.3) is 0 Å². The fraction of sp³-hybridized carbons (Fsp3) is 0.438. The van der Waals surface area contributed by atoms with Crippen molar-refractivity contribution < 1.29 is 4.79 Å². The Morgan fingerprint density at radius 1 is 1.00 bits per heavy atom. The van der Waals surface area contributed by atoms with Gasteiger partial charge in [0.15, 0.2) is 0 Å². The Morgan fingerprint density at radius 2 is 1.64 bits per heavy atom. The average molecular weight is 299 g/mol. The number of rotatable bonds is 4. The molecule has 6 nitrogen and oxygen atoms in total. The van der Waals surface area contributed by atoms with E-state index in [2.05, 4.69) is 20.5 Å². The third-order valence-corrected chi connectivity index (χ3v) is 3.97. The van der Waals surface area contributed by atoms with Crippen LogP contribution in [0.15, 0.2) is 36.9 Å². The molecule has 1 aliphatic rings. The van der Waals surface area contributed by atoms with Crippen molar-refractivity contribution in [1.82, 2.24) is 19.8 Å². The maximum Gasteiger partial charge on any atom is 0.270 e. The third-order valence-electron chi connectivity index (χ3n) is 3.97. The number of aromatic nitrogens is 3. The number of likely N-dealkylation sites (tertiary alicyclic amines) is 1. The van der Waals surface area contributed by atoms with Gasteiger partial charge >= 0.3 is 0 Å². The van der Waals surface area contributed by atoms with Crippen LogP contribution in [-0.2, 0) is 6.54 Å². The Bertz CT molecular complexity index is 586. The second-order valence-electron chi connectivity index (χ2n) is 5.70. The Balaban J connectivity index is 1.58. The van der Waals surface area contributed by atoms with E-state index in [0.29, 0.717) is 5.56 Å². The van der Waals surface area contributed by atoms with Crippen LogP contribution in [-0.4, -0.2) is 38.8 Å². The normalized spacial score (nSPS) is 16.2. The van der Waals surface area contributed by atoms with E-state index < -0.39 is 0 Å². The van der Waals surface area contributed by atoms with Gasteiger partial charge in [0.05, 0.1) is 0 Å². The van der Waals surface area contributed by atoms with Crippen LogP contribution in [0.2, 0.25) is 0 Å². The fourth-order valence-corrected chi connectivity index (χ4v) is 2.75. The first kappa shape index (κ1) is 14.7. The minimum atomic E-state index is -0.166. The van der Waals surface area contributed by atoms with E-state index in [0.717, 1.165) is 6.54 Å². The quantitative estimate of drug-likeness (QED) is 0.938. The van der Waals surface area contributed by atoms with E-state index in [1.165, 1.54) is 61.7 Å². The van der Waals surface area contributed by atoms with Gasteiger partial charge in [-0.3, -0.25) is 15.1 Å². The smallest absolute Gasteiger partial charge is 0.270 e. The van der Waals surface area contributed by atoms with Gasteiger partial charge in [-0.15, -0.1) is 10.2 Å². The Labute approximate surface area is 130 Å². The van der Waals surface area contributed by atoms with Crippen LogP contribution in [0.3, 0.4) is 0 Å². The zero-order valence-corrected chi connectivity index (χ0v) is 12.6. The van der Waals surface area contributed by atoms with Gasteiger partial charge in [0.1, 0.15) is 12.7 Å². The van der Waals surface area contributed by atoms with Gasteiger partial charge in [-0.25, -0.2) is 4.68 Å². The second-order valence-corrected chi connectivity index (χ2v) is 5.70. The number of nitrogens with one attached hydrogen (secondary N) is 1. The van der Waals surface area contributed by atoms with Crippen LogP contribution in [0.1, 0.15) is 41.6 Å². The molecule has 0 unspecified atom stereocenters. The minimum Gasteiger partial charge on any atom is -0.299 e. The average Bonchev–Trinajstić information content (AvgIpc) is 2.91. The van der Waals surface area contributed by atoms with E-state index in [1.807, 2.05) is 24.3 Å². The summed E-state index contributed by atoms with van der Waals surface area (Å²) in [5, 5.41) is 7.30. The van der Waals surface area contributed by atoms with Crippen molar-refractivity contribution in [2.24, 2.45) is 0 Å². The number of carbonyl (C=O) groups is 1. The highest BCUT2D eigenvalue weighted by Gasteiger charge is 2.10. The summed E-state index contributed by atoms with van der Waals surface area (Å²) in [5.41, 5.74) is 4.57. The van der Waals surface area contributed by atoms with Crippen molar-refractivity contribution in [3.8, 4) is 0 Å². The van der Waals surface area contributed by atoms with Gasteiger partial charge in [0, 0.05) is 12.1 Å². The van der Waals surface area contributed by atoms with E-state index in [-0.39, 0.29) is 5.91 Å². The van der Waals surface area contributed by atoms with Crippen LogP contribution < -0.4 is 5.43 Å². The highest BCUT2D eigenvalue weighted by molar-refractivity contribution is 5.99. The molecule has 1 fully saturated rings. The summed E-state index contributed by atoms with van der Waals surface area (Å²) in [6, 6.07) is 7.80. The number of benzene rings is 1. The van der Waals surface area contributed by atoms with Gasteiger partial charge in [0.25, 0.3) is 5.91 Å². The molecule has 1 aromatic carbocycles. The predicted molar refractivity (Wildman–Crippen MR) is 83.9 cm³/mol. The van der Waals surface area contributed by atoms with Crippen molar-refractivity contribution in [3.63, 3.8) is 0 Å². The molecule has 3 rings (SSSR count). The van der Waals surface area contributed by atoms with Gasteiger partial charge in [0.2, 0.25) is 0 Å². The summed E-state index contributed by atoms with van der Waals surface area (Å²) in [5.74, 6) is -0.166. The van der Waals surface area contributed by atoms with Crippen LogP contribution >= 0.6 is 0 Å². The number of carbonyl (C=O) groups excluding carboxylic acids is 1. The summed E-state index contributed by atoms with van der Waals surface area (Å²) >= 11 is 0. The van der Waals surface area contributed by atoms with Crippen LogP contribution in [0, 0.1) is 0 Å². The topological polar surface area (TPSA) is 63.1 Å². The van der Waals surface area contributed by atoms with Gasteiger partial charge in [-0.1, -0.05) is 25.0 Å². The molecular formula is C16H21N5O. The molecule has 22 heavy (non-hydrogen) atoms. The highest BCUT2D eigenvalue weighted by atomic mass is 16.2. The largest absolute Gasteiger partial charge is 0.299 e. The number of nitrogens with zero attached hydrogens (tertiary/aromatic N) is 4. The minimum absolute atomic E-state index is 0.166. The maximum absolute atomic E-state index is 12.1. The van der Waals surface area contributed by atoms with E-state index in [4.69, 9.17) is 0 Å². The Kier molecular flexibility index (Phi) is 4.80. The summed E-state index contributed by atoms with van der Waals surface area (Å²) in [7, 11) is 0. The van der Waals surface area contributed by atoms with Gasteiger partial charge in [-0.05, 0) is 43.6 Å². The molecule has 2 aromatic rings. The fourth-order valence-electron chi connectivity index (χ4n) is 2.75. The lowest BCUT2D eigenvalue weighted by Gasteiger charge is -2.19. The Morgan fingerprint density at radius 3 is 2.27 bits per heavy atom. The molecule has 0 atom stereocenters. The number of amides is 1. The van der Waals surface area contributed by atoms with Crippen molar-refractivity contribution >= 4 is 5.91 Å². The SMILES string of the molecule is O=C(Nn1cnnc1)c1ccc(CN2CCCCCC2)cc1.